The number of benzene rings is 1. The summed E-state index contributed by atoms with van der Waals surface area (Å²) in [4.78, 5) is 17.2. The first-order chi connectivity index (χ1) is 8.58. The Balaban J connectivity index is 2.19. The monoisotopic (exact) mass is 271 g/mol. The second kappa shape index (κ2) is 5.14. The summed E-state index contributed by atoms with van der Waals surface area (Å²) < 4.78 is 26.2. The highest BCUT2D eigenvalue weighted by Gasteiger charge is 2.08. The molecule has 0 bridgehead atoms. The van der Waals surface area contributed by atoms with Gasteiger partial charge in [-0.1, -0.05) is 11.6 Å². The molecule has 2 N–H and O–H groups in total. The Hall–Kier alpha value is -1.95. The minimum Gasteiger partial charge on any atom is -0.364 e. The fourth-order valence-corrected chi connectivity index (χ4v) is 1.53. The molecule has 0 saturated carbocycles. The SMILES string of the molecule is O=c1[nH]cnc(NCc2cc(F)ccc2F)c1Cl. The van der Waals surface area contributed by atoms with Crippen LogP contribution in [0, 0.1) is 11.6 Å². The van der Waals surface area contributed by atoms with Gasteiger partial charge in [-0.25, -0.2) is 13.8 Å². The number of hydrogen-bond donors (Lipinski definition) is 2. The average Bonchev–Trinajstić information content (AvgIpc) is 2.35. The van der Waals surface area contributed by atoms with Gasteiger partial charge >= 0.3 is 0 Å². The molecule has 18 heavy (non-hydrogen) atoms. The van der Waals surface area contributed by atoms with Gasteiger partial charge in [0.25, 0.3) is 5.56 Å². The standard InChI is InChI=1S/C11H8ClF2N3O/c12-9-10(16-5-17-11(9)18)15-4-6-3-7(13)1-2-8(6)14/h1-3,5H,4H2,(H2,15,16,17,18). The molecule has 0 fully saturated rings. The van der Waals surface area contributed by atoms with Crippen LogP contribution >= 0.6 is 11.6 Å². The lowest BCUT2D eigenvalue weighted by Crippen LogP contribution is -2.12. The molecule has 1 aromatic carbocycles. The van der Waals surface area contributed by atoms with Crippen molar-refractivity contribution in [2.75, 3.05) is 5.32 Å². The lowest BCUT2D eigenvalue weighted by molar-refractivity contribution is 0.587. The molecule has 1 aromatic heterocycles. The van der Waals surface area contributed by atoms with E-state index in [1.54, 1.807) is 0 Å². The maximum absolute atomic E-state index is 13.3. The van der Waals surface area contributed by atoms with Gasteiger partial charge in [0.15, 0.2) is 5.82 Å². The highest BCUT2D eigenvalue weighted by molar-refractivity contribution is 6.32. The topological polar surface area (TPSA) is 57.8 Å². The van der Waals surface area contributed by atoms with Crippen molar-refractivity contribution >= 4 is 17.4 Å². The number of aromatic nitrogens is 2. The van der Waals surface area contributed by atoms with Crippen molar-refractivity contribution < 1.29 is 8.78 Å². The van der Waals surface area contributed by atoms with Crippen LogP contribution in [0.5, 0.6) is 0 Å². The van der Waals surface area contributed by atoms with E-state index in [0.29, 0.717) is 0 Å². The zero-order valence-corrected chi connectivity index (χ0v) is 9.76. The number of H-pyrrole nitrogens is 1. The second-order valence-electron chi connectivity index (χ2n) is 3.48. The van der Waals surface area contributed by atoms with E-state index in [-0.39, 0.29) is 22.9 Å². The van der Waals surface area contributed by atoms with Crippen LogP contribution in [-0.4, -0.2) is 9.97 Å². The lowest BCUT2D eigenvalue weighted by atomic mass is 10.2. The van der Waals surface area contributed by atoms with Crippen LogP contribution in [0.1, 0.15) is 5.56 Å². The quantitative estimate of drug-likeness (QED) is 0.901. The molecule has 0 aliphatic rings. The van der Waals surface area contributed by atoms with Crippen molar-refractivity contribution in [3.63, 3.8) is 0 Å². The van der Waals surface area contributed by atoms with Gasteiger partial charge in [0.2, 0.25) is 0 Å². The van der Waals surface area contributed by atoms with E-state index in [4.69, 9.17) is 11.6 Å². The number of anilines is 1. The van der Waals surface area contributed by atoms with Gasteiger partial charge in [0.05, 0.1) is 6.33 Å². The van der Waals surface area contributed by atoms with Crippen molar-refractivity contribution in [3.8, 4) is 0 Å². The first-order valence-corrected chi connectivity index (χ1v) is 5.36. The first kappa shape index (κ1) is 12.5. The van der Waals surface area contributed by atoms with Crippen LogP contribution in [0.15, 0.2) is 29.3 Å². The summed E-state index contributed by atoms with van der Waals surface area (Å²) in [7, 11) is 0. The second-order valence-corrected chi connectivity index (χ2v) is 3.86. The number of rotatable bonds is 3. The lowest BCUT2D eigenvalue weighted by Gasteiger charge is -2.07. The molecule has 1 heterocycles. The van der Waals surface area contributed by atoms with E-state index in [9.17, 15) is 13.6 Å². The van der Waals surface area contributed by atoms with Crippen molar-refractivity contribution in [3.05, 3.63) is 57.1 Å². The number of aromatic amines is 1. The summed E-state index contributed by atoms with van der Waals surface area (Å²) in [6.07, 6.45) is 1.17. The number of hydrogen-bond acceptors (Lipinski definition) is 3. The van der Waals surface area contributed by atoms with Crippen LogP contribution in [0.2, 0.25) is 5.02 Å². The first-order valence-electron chi connectivity index (χ1n) is 4.99. The van der Waals surface area contributed by atoms with Crippen LogP contribution in [-0.2, 0) is 6.54 Å². The Bertz CT molecular complexity index is 630. The Kier molecular flexibility index (Phi) is 3.57. The van der Waals surface area contributed by atoms with Crippen LogP contribution in [0.4, 0.5) is 14.6 Å². The van der Waals surface area contributed by atoms with Crippen molar-refractivity contribution in [1.29, 1.82) is 0 Å². The molecule has 2 aromatic rings. The van der Waals surface area contributed by atoms with E-state index in [2.05, 4.69) is 15.3 Å². The molecule has 2 rings (SSSR count). The Morgan fingerprint density at radius 1 is 1.39 bits per heavy atom. The van der Waals surface area contributed by atoms with Gasteiger partial charge < -0.3 is 10.3 Å². The number of nitrogens with one attached hydrogen (secondary N) is 2. The molecule has 0 unspecified atom stereocenters. The summed E-state index contributed by atoms with van der Waals surface area (Å²) in [6, 6.07) is 3.11. The number of nitrogens with zero attached hydrogens (tertiary/aromatic N) is 1. The predicted molar refractivity (Wildman–Crippen MR) is 63.6 cm³/mol. The molecule has 0 spiro atoms. The summed E-state index contributed by atoms with van der Waals surface area (Å²) in [5.74, 6) is -0.980. The smallest absolute Gasteiger partial charge is 0.271 e. The van der Waals surface area contributed by atoms with Gasteiger partial charge in [-0.2, -0.15) is 0 Å². The molecular weight excluding hydrogens is 264 g/mol. The predicted octanol–water partition coefficient (Wildman–Crippen LogP) is 2.31. The molecule has 0 atom stereocenters. The third-order valence-electron chi connectivity index (χ3n) is 2.25. The molecule has 0 aliphatic carbocycles. The zero-order valence-electron chi connectivity index (χ0n) is 9.01. The molecule has 0 amide bonds. The van der Waals surface area contributed by atoms with Crippen LogP contribution in [0.3, 0.4) is 0 Å². The maximum Gasteiger partial charge on any atom is 0.271 e. The van der Waals surface area contributed by atoms with Gasteiger partial charge in [-0.05, 0) is 18.2 Å². The molecule has 94 valence electrons. The van der Waals surface area contributed by atoms with Crippen LogP contribution < -0.4 is 10.9 Å². The summed E-state index contributed by atoms with van der Waals surface area (Å²) >= 11 is 5.69. The third-order valence-corrected chi connectivity index (χ3v) is 2.60. The molecule has 0 aliphatic heterocycles. The Labute approximate surface area is 106 Å². The minimum atomic E-state index is -0.551. The van der Waals surface area contributed by atoms with Gasteiger partial charge in [0, 0.05) is 12.1 Å². The van der Waals surface area contributed by atoms with Gasteiger partial charge in [-0.3, -0.25) is 4.79 Å². The Morgan fingerprint density at radius 3 is 2.94 bits per heavy atom. The third kappa shape index (κ3) is 2.65. The minimum absolute atomic E-state index is 0.0280. The van der Waals surface area contributed by atoms with E-state index in [1.165, 1.54) is 6.33 Å². The molecule has 0 saturated heterocycles. The zero-order chi connectivity index (χ0) is 13.1. The maximum atomic E-state index is 13.3. The molecule has 0 radical (unpaired) electrons. The summed E-state index contributed by atoms with van der Waals surface area (Å²) in [5.41, 5.74) is -0.387. The van der Waals surface area contributed by atoms with Gasteiger partial charge in [-0.15, -0.1) is 0 Å². The van der Waals surface area contributed by atoms with Crippen molar-refractivity contribution in [2.45, 2.75) is 6.54 Å². The van der Waals surface area contributed by atoms with E-state index >= 15 is 0 Å². The normalized spacial score (nSPS) is 10.4. The Morgan fingerprint density at radius 2 is 2.17 bits per heavy atom. The molecule has 4 nitrogen and oxygen atoms in total. The van der Waals surface area contributed by atoms with Crippen molar-refractivity contribution in [2.24, 2.45) is 0 Å². The largest absolute Gasteiger partial charge is 0.364 e. The number of halogens is 3. The highest BCUT2D eigenvalue weighted by Crippen LogP contribution is 2.15. The average molecular weight is 272 g/mol. The van der Waals surface area contributed by atoms with E-state index in [0.717, 1.165) is 18.2 Å². The van der Waals surface area contributed by atoms with E-state index < -0.39 is 17.2 Å². The molecular formula is C11H8ClF2N3O. The fraction of sp³-hybridized carbons (Fsp3) is 0.0909. The van der Waals surface area contributed by atoms with E-state index in [1.807, 2.05) is 0 Å². The highest BCUT2D eigenvalue weighted by atomic mass is 35.5. The fourth-order valence-electron chi connectivity index (χ4n) is 1.36. The van der Waals surface area contributed by atoms with Gasteiger partial charge in [0.1, 0.15) is 16.7 Å². The summed E-state index contributed by atoms with van der Waals surface area (Å²) in [6.45, 7) is -0.0280. The molecule has 7 heteroatoms. The van der Waals surface area contributed by atoms with Crippen molar-refractivity contribution in [1.82, 2.24) is 9.97 Å². The summed E-state index contributed by atoms with van der Waals surface area (Å²) in [5, 5.41) is 2.54. The van der Waals surface area contributed by atoms with Crippen LogP contribution in [0.25, 0.3) is 0 Å².